The largest absolute Gasteiger partial charge is 0.744 e. The summed E-state index contributed by atoms with van der Waals surface area (Å²) in [5.74, 6) is -12.5. The van der Waals surface area contributed by atoms with Gasteiger partial charge >= 0.3 is 10.1 Å². The van der Waals surface area contributed by atoms with Crippen LogP contribution in [0, 0.1) is 23.3 Å². The van der Waals surface area contributed by atoms with Crippen molar-refractivity contribution in [2.24, 2.45) is 0 Å². The quantitative estimate of drug-likeness (QED) is 0.0519. The molecule has 0 aliphatic heterocycles. The maximum atomic E-state index is 15.7. The lowest BCUT2D eigenvalue weighted by molar-refractivity contribution is 0.363. The number of rotatable bonds is 7. The molecule has 0 bridgehead atoms. The van der Waals surface area contributed by atoms with E-state index in [4.69, 9.17) is 4.18 Å². The van der Waals surface area contributed by atoms with Gasteiger partial charge in [0, 0.05) is 11.1 Å². The van der Waals surface area contributed by atoms with Crippen molar-refractivity contribution in [3.63, 3.8) is 0 Å². The van der Waals surface area contributed by atoms with E-state index in [9.17, 15) is 13.0 Å². The average Bonchev–Trinajstić information content (AvgIpc) is 3.33. The van der Waals surface area contributed by atoms with Crippen LogP contribution in [-0.2, 0) is 20.2 Å². The molecule has 0 aromatic heterocycles. The fraction of sp³-hybridized carbons (Fsp3) is 0. The zero-order valence-electron chi connectivity index (χ0n) is 34.0. The molecule has 12 heteroatoms. The Hall–Kier alpha value is -7.64. The third-order valence-corrected chi connectivity index (χ3v) is 14.3. The molecule has 0 atom stereocenters. The second-order valence-electron chi connectivity index (χ2n) is 15.9. The maximum absolute atomic E-state index is 15.7. The highest BCUT2D eigenvalue weighted by molar-refractivity contribution is 7.87. The van der Waals surface area contributed by atoms with Crippen LogP contribution in [0.15, 0.2) is 186 Å². The van der Waals surface area contributed by atoms with Gasteiger partial charge in [0.1, 0.15) is 19.9 Å². The molecule has 0 N–H and O–H groups in total. The monoisotopic (exact) mass is 913 g/mol. The van der Waals surface area contributed by atoms with E-state index in [0.717, 1.165) is 59.2 Å². The highest BCUT2D eigenvalue weighted by atomic mass is 32.2. The highest BCUT2D eigenvalue weighted by Gasteiger charge is 2.36. The van der Waals surface area contributed by atoms with Gasteiger partial charge in [-0.15, -0.1) is 0 Å². The Balaban J connectivity index is 1.27. The fourth-order valence-electron chi connectivity index (χ4n) is 9.16. The lowest BCUT2D eigenvalue weighted by Crippen LogP contribution is -2.18. The summed E-state index contributed by atoms with van der Waals surface area (Å²) >= 11 is 0. The van der Waals surface area contributed by atoms with Crippen LogP contribution in [0.3, 0.4) is 0 Å². The summed E-state index contributed by atoms with van der Waals surface area (Å²) in [7, 11) is -11.7. The maximum Gasteiger partial charge on any atom is 0.340 e. The van der Waals surface area contributed by atoms with E-state index in [1.807, 2.05) is 133 Å². The standard InChI is InChI=1S/C54H30F4O6S2/c55-48-50(57)54(65(59,60)61)51(58)49(56)52(48)64-66(62,63)53-46(35-23-24-41-34(25-35)21-19-30-9-1-4-12-38(30)41)28-37(45-26-33-11-3-6-14-40(33)42-15-7-8-16-43(42)45)29-47(53)36-22-20-32-18-17-31-10-2-5-13-39(31)44(32)27-36/h1-29H,(H,59,60,61)/p-1. The summed E-state index contributed by atoms with van der Waals surface area (Å²) < 4.78 is 133. The second kappa shape index (κ2) is 15.2. The predicted octanol–water partition coefficient (Wildman–Crippen LogP) is 13.8. The van der Waals surface area contributed by atoms with Crippen molar-refractivity contribution in [2.75, 3.05) is 0 Å². The van der Waals surface area contributed by atoms with Crippen LogP contribution in [0.4, 0.5) is 17.6 Å². The van der Waals surface area contributed by atoms with E-state index < -0.39 is 59.0 Å². The van der Waals surface area contributed by atoms with Gasteiger partial charge in [-0.25, -0.2) is 17.2 Å². The van der Waals surface area contributed by atoms with Crippen molar-refractivity contribution < 1.29 is 43.1 Å². The van der Waals surface area contributed by atoms with Crippen molar-refractivity contribution in [3.05, 3.63) is 199 Å². The summed E-state index contributed by atoms with van der Waals surface area (Å²) in [6, 6.07) is 54.4. The first-order valence-electron chi connectivity index (χ1n) is 20.5. The van der Waals surface area contributed by atoms with Crippen LogP contribution in [0.2, 0.25) is 0 Å². The van der Waals surface area contributed by atoms with Crippen LogP contribution in [0.25, 0.3) is 98.0 Å². The molecule has 0 aliphatic rings. The van der Waals surface area contributed by atoms with E-state index in [2.05, 4.69) is 0 Å². The molecule has 322 valence electrons. The molecule has 0 fully saturated rings. The van der Waals surface area contributed by atoms with Gasteiger partial charge in [-0.3, -0.25) is 0 Å². The average molecular weight is 914 g/mol. The third kappa shape index (κ3) is 6.63. The van der Waals surface area contributed by atoms with E-state index in [1.165, 1.54) is 0 Å². The number of fused-ring (bicyclic) bond motifs is 9. The van der Waals surface area contributed by atoms with Gasteiger partial charge in [-0.05, 0) is 117 Å². The van der Waals surface area contributed by atoms with Crippen LogP contribution in [0.1, 0.15) is 0 Å². The summed E-state index contributed by atoms with van der Waals surface area (Å²) in [5, 5.41) is 10.4. The normalized spacial score (nSPS) is 12.3. The molecule has 11 aromatic carbocycles. The Labute approximate surface area is 374 Å². The molecule has 11 rings (SSSR count). The summed E-state index contributed by atoms with van der Waals surface area (Å²) in [4.78, 5) is -3.08. The molecule has 0 spiro atoms. The number of hydrogen-bond acceptors (Lipinski definition) is 6. The lowest BCUT2D eigenvalue weighted by atomic mass is 9.88. The lowest BCUT2D eigenvalue weighted by Gasteiger charge is -2.21. The minimum atomic E-state index is -6.12. The van der Waals surface area contributed by atoms with Crippen molar-refractivity contribution in [2.45, 2.75) is 9.79 Å². The van der Waals surface area contributed by atoms with Crippen LogP contribution in [0.5, 0.6) is 5.75 Å². The van der Waals surface area contributed by atoms with E-state index >= 15 is 26.0 Å². The fourth-order valence-corrected chi connectivity index (χ4v) is 11.1. The molecular formula is C54H29F4O6S2-. The van der Waals surface area contributed by atoms with Gasteiger partial charge < -0.3 is 8.74 Å². The molecule has 11 aromatic rings. The van der Waals surface area contributed by atoms with Gasteiger partial charge in [-0.2, -0.15) is 17.2 Å². The molecule has 0 unspecified atom stereocenters. The van der Waals surface area contributed by atoms with Crippen LogP contribution < -0.4 is 4.18 Å². The topological polar surface area (TPSA) is 101 Å². The van der Waals surface area contributed by atoms with Gasteiger partial charge in [-0.1, -0.05) is 146 Å². The third-order valence-electron chi connectivity index (χ3n) is 12.2. The first-order valence-corrected chi connectivity index (χ1v) is 23.3. The van der Waals surface area contributed by atoms with Gasteiger partial charge in [0.25, 0.3) is 0 Å². The first-order chi connectivity index (χ1) is 31.8. The zero-order valence-corrected chi connectivity index (χ0v) is 35.7. The van der Waals surface area contributed by atoms with Gasteiger partial charge in [0.15, 0.2) is 11.6 Å². The van der Waals surface area contributed by atoms with Crippen molar-refractivity contribution in [1.29, 1.82) is 0 Å². The van der Waals surface area contributed by atoms with Crippen molar-refractivity contribution in [3.8, 4) is 39.1 Å². The Morgan fingerprint density at radius 2 is 0.773 bits per heavy atom. The minimum absolute atomic E-state index is 0.00583. The number of halogens is 4. The Morgan fingerprint density at radius 3 is 1.38 bits per heavy atom. The zero-order chi connectivity index (χ0) is 45.6. The molecule has 0 radical (unpaired) electrons. The summed E-state index contributed by atoms with van der Waals surface area (Å²) in [5.41, 5.74) is 1.89. The Kier molecular flexibility index (Phi) is 9.48. The minimum Gasteiger partial charge on any atom is -0.744 e. The summed E-state index contributed by atoms with van der Waals surface area (Å²) in [6.45, 7) is 0. The summed E-state index contributed by atoms with van der Waals surface area (Å²) in [6.07, 6.45) is 0. The molecule has 0 aliphatic carbocycles. The second-order valence-corrected chi connectivity index (χ2v) is 18.7. The number of hydrogen-bond donors (Lipinski definition) is 0. The van der Waals surface area contributed by atoms with Crippen LogP contribution in [-0.4, -0.2) is 21.4 Å². The molecular weight excluding hydrogens is 885 g/mol. The molecule has 0 heterocycles. The smallest absolute Gasteiger partial charge is 0.340 e. The van der Waals surface area contributed by atoms with E-state index in [1.54, 1.807) is 42.5 Å². The van der Waals surface area contributed by atoms with Crippen molar-refractivity contribution >= 4 is 84.9 Å². The first kappa shape index (κ1) is 41.1. The Bertz CT molecular complexity index is 4110. The Morgan fingerprint density at radius 1 is 0.348 bits per heavy atom. The number of benzene rings is 11. The van der Waals surface area contributed by atoms with Crippen molar-refractivity contribution in [1.82, 2.24) is 0 Å². The highest BCUT2D eigenvalue weighted by Crippen LogP contribution is 2.46. The molecule has 66 heavy (non-hydrogen) atoms. The van der Waals surface area contributed by atoms with E-state index in [0.29, 0.717) is 27.6 Å². The molecule has 0 saturated heterocycles. The predicted molar refractivity (Wildman–Crippen MR) is 250 cm³/mol. The SMILES string of the molecule is O=S(=O)([O-])c1c(F)c(F)c(OS(=O)(=O)c2c(-c3ccc4c(ccc5ccccc54)c3)cc(-c3cc4ccccc4c4ccccc34)cc2-c2ccc3ccc4ccccc4c3c2)c(F)c1F. The van der Waals surface area contributed by atoms with Crippen LogP contribution >= 0.6 is 0 Å². The van der Waals surface area contributed by atoms with Gasteiger partial charge in [0.05, 0.1) is 0 Å². The molecule has 0 amide bonds. The molecule has 6 nitrogen and oxygen atoms in total. The van der Waals surface area contributed by atoms with E-state index in [-0.39, 0.29) is 11.1 Å². The molecule has 0 saturated carbocycles. The van der Waals surface area contributed by atoms with Gasteiger partial charge in [0.2, 0.25) is 17.4 Å².